The number of thiophene rings is 1. The quantitative estimate of drug-likeness (QED) is 0.904. The minimum atomic E-state index is -0.521. The predicted octanol–water partition coefficient (Wildman–Crippen LogP) is 3.30. The first-order valence-corrected chi connectivity index (χ1v) is 7.17. The molecule has 0 radical (unpaired) electrons. The van der Waals surface area contributed by atoms with Gasteiger partial charge in [-0.05, 0) is 29.2 Å². The van der Waals surface area contributed by atoms with E-state index in [-0.39, 0.29) is 5.41 Å². The van der Waals surface area contributed by atoms with Gasteiger partial charge in [0.25, 0.3) is 0 Å². The van der Waals surface area contributed by atoms with Crippen LogP contribution in [-0.2, 0) is 11.8 Å². The Bertz CT molecular complexity index is 557. The SMILES string of the molecule is CC(C)(C)c1ccc(C(O)Cc2cccnc2N)s1. The monoisotopic (exact) mass is 276 g/mol. The minimum absolute atomic E-state index is 0.121. The number of hydrogen-bond donors (Lipinski definition) is 2. The Balaban J connectivity index is 2.15. The third kappa shape index (κ3) is 3.33. The minimum Gasteiger partial charge on any atom is -0.387 e. The Kier molecular flexibility index (Phi) is 3.92. The molecule has 0 aromatic carbocycles. The van der Waals surface area contributed by atoms with Crippen molar-refractivity contribution in [1.29, 1.82) is 0 Å². The number of nitrogens with two attached hydrogens (primary N) is 1. The third-order valence-corrected chi connectivity index (χ3v) is 4.65. The van der Waals surface area contributed by atoms with Crippen LogP contribution in [0.15, 0.2) is 30.5 Å². The van der Waals surface area contributed by atoms with E-state index in [9.17, 15) is 5.11 Å². The molecule has 0 spiro atoms. The predicted molar refractivity (Wildman–Crippen MR) is 80.3 cm³/mol. The Morgan fingerprint density at radius 3 is 2.63 bits per heavy atom. The molecule has 0 bridgehead atoms. The van der Waals surface area contributed by atoms with Gasteiger partial charge in [0.1, 0.15) is 5.82 Å². The second-order valence-corrected chi connectivity index (χ2v) is 6.84. The molecule has 0 aliphatic rings. The van der Waals surface area contributed by atoms with Gasteiger partial charge < -0.3 is 10.8 Å². The van der Waals surface area contributed by atoms with Gasteiger partial charge in [0.15, 0.2) is 0 Å². The van der Waals surface area contributed by atoms with E-state index in [0.717, 1.165) is 10.4 Å². The molecule has 2 rings (SSSR count). The van der Waals surface area contributed by atoms with Crippen molar-refractivity contribution < 1.29 is 5.11 Å². The third-order valence-electron chi connectivity index (χ3n) is 3.03. The summed E-state index contributed by atoms with van der Waals surface area (Å²) in [6.45, 7) is 6.52. The maximum atomic E-state index is 10.3. The first kappa shape index (κ1) is 14.0. The molecule has 0 saturated carbocycles. The van der Waals surface area contributed by atoms with E-state index in [4.69, 9.17) is 5.73 Å². The highest BCUT2D eigenvalue weighted by molar-refractivity contribution is 7.12. The molecule has 0 saturated heterocycles. The van der Waals surface area contributed by atoms with E-state index >= 15 is 0 Å². The van der Waals surface area contributed by atoms with Crippen LogP contribution in [0.3, 0.4) is 0 Å². The van der Waals surface area contributed by atoms with E-state index in [1.165, 1.54) is 4.88 Å². The number of pyridine rings is 1. The summed E-state index contributed by atoms with van der Waals surface area (Å²) in [7, 11) is 0. The Hall–Kier alpha value is -1.39. The highest BCUT2D eigenvalue weighted by Gasteiger charge is 2.19. The topological polar surface area (TPSA) is 59.1 Å². The Morgan fingerprint density at radius 1 is 1.32 bits per heavy atom. The number of aliphatic hydroxyl groups is 1. The standard InChI is InChI=1S/C15H20N2OS/c1-15(2,3)13-7-6-12(19-13)11(18)9-10-5-4-8-17-14(10)16/h4-8,11,18H,9H2,1-3H3,(H2,16,17). The molecule has 2 aromatic rings. The maximum absolute atomic E-state index is 10.3. The van der Waals surface area contributed by atoms with Gasteiger partial charge in [-0.15, -0.1) is 11.3 Å². The van der Waals surface area contributed by atoms with Crippen molar-refractivity contribution in [2.75, 3.05) is 5.73 Å². The zero-order valence-electron chi connectivity index (χ0n) is 11.6. The lowest BCUT2D eigenvalue weighted by Crippen LogP contribution is -2.08. The summed E-state index contributed by atoms with van der Waals surface area (Å²) < 4.78 is 0. The molecule has 102 valence electrons. The fourth-order valence-corrected chi connectivity index (χ4v) is 2.92. The summed E-state index contributed by atoms with van der Waals surface area (Å²) in [6, 6.07) is 7.84. The molecule has 2 aromatic heterocycles. The van der Waals surface area contributed by atoms with Crippen molar-refractivity contribution >= 4 is 17.2 Å². The zero-order chi connectivity index (χ0) is 14.0. The van der Waals surface area contributed by atoms with Crippen LogP contribution in [-0.4, -0.2) is 10.1 Å². The van der Waals surface area contributed by atoms with Gasteiger partial charge in [-0.2, -0.15) is 0 Å². The highest BCUT2D eigenvalue weighted by Crippen LogP contribution is 2.33. The fourth-order valence-electron chi connectivity index (χ4n) is 1.87. The van der Waals surface area contributed by atoms with E-state index < -0.39 is 6.10 Å². The van der Waals surface area contributed by atoms with E-state index in [1.807, 2.05) is 18.2 Å². The molecular formula is C15H20N2OS. The largest absolute Gasteiger partial charge is 0.387 e. The van der Waals surface area contributed by atoms with Crippen molar-refractivity contribution in [3.63, 3.8) is 0 Å². The van der Waals surface area contributed by atoms with Crippen LogP contribution < -0.4 is 5.73 Å². The molecule has 3 nitrogen and oxygen atoms in total. The number of aromatic nitrogens is 1. The molecule has 1 atom stereocenters. The van der Waals surface area contributed by atoms with Gasteiger partial charge in [0.2, 0.25) is 0 Å². The molecule has 3 N–H and O–H groups in total. The molecule has 1 unspecified atom stereocenters. The fraction of sp³-hybridized carbons (Fsp3) is 0.400. The summed E-state index contributed by atoms with van der Waals surface area (Å²) in [5, 5.41) is 10.3. The summed E-state index contributed by atoms with van der Waals surface area (Å²) in [5.74, 6) is 0.495. The lowest BCUT2D eigenvalue weighted by Gasteiger charge is -2.15. The lowest BCUT2D eigenvalue weighted by atomic mass is 9.95. The first-order valence-electron chi connectivity index (χ1n) is 6.35. The number of nitrogens with zero attached hydrogens (tertiary/aromatic N) is 1. The van der Waals surface area contributed by atoms with Crippen LogP contribution in [0, 0.1) is 0 Å². The average Bonchev–Trinajstić information content (AvgIpc) is 2.81. The summed E-state index contributed by atoms with van der Waals surface area (Å²) in [6.07, 6.45) is 1.64. The van der Waals surface area contributed by atoms with Gasteiger partial charge in [0, 0.05) is 22.4 Å². The van der Waals surface area contributed by atoms with Crippen LogP contribution in [0.1, 0.15) is 42.2 Å². The lowest BCUT2D eigenvalue weighted by molar-refractivity contribution is 0.182. The number of rotatable bonds is 3. The molecular weight excluding hydrogens is 256 g/mol. The van der Waals surface area contributed by atoms with E-state index in [2.05, 4.69) is 31.8 Å². The van der Waals surface area contributed by atoms with Gasteiger partial charge in [-0.3, -0.25) is 0 Å². The highest BCUT2D eigenvalue weighted by atomic mass is 32.1. The molecule has 2 heterocycles. The van der Waals surface area contributed by atoms with Crippen LogP contribution >= 0.6 is 11.3 Å². The molecule has 0 amide bonds. The number of hydrogen-bond acceptors (Lipinski definition) is 4. The summed E-state index contributed by atoms with van der Waals surface area (Å²) >= 11 is 1.66. The van der Waals surface area contributed by atoms with Crippen molar-refractivity contribution in [3.8, 4) is 0 Å². The average molecular weight is 276 g/mol. The number of anilines is 1. The maximum Gasteiger partial charge on any atom is 0.126 e. The van der Waals surface area contributed by atoms with Crippen LogP contribution in [0.4, 0.5) is 5.82 Å². The van der Waals surface area contributed by atoms with Gasteiger partial charge >= 0.3 is 0 Å². The van der Waals surface area contributed by atoms with Gasteiger partial charge in [-0.25, -0.2) is 4.98 Å². The van der Waals surface area contributed by atoms with Crippen molar-refractivity contribution in [2.45, 2.75) is 38.7 Å². The normalized spacial score (nSPS) is 13.5. The second kappa shape index (κ2) is 5.31. The molecule has 0 aliphatic heterocycles. The van der Waals surface area contributed by atoms with Gasteiger partial charge in [0.05, 0.1) is 6.10 Å². The first-order chi connectivity index (χ1) is 8.88. The van der Waals surface area contributed by atoms with Crippen LogP contribution in [0.5, 0.6) is 0 Å². The van der Waals surface area contributed by atoms with E-state index in [0.29, 0.717) is 12.2 Å². The summed E-state index contributed by atoms with van der Waals surface area (Å²) in [5.41, 5.74) is 6.81. The number of aliphatic hydroxyl groups excluding tert-OH is 1. The Morgan fingerprint density at radius 2 is 2.05 bits per heavy atom. The van der Waals surface area contributed by atoms with Crippen LogP contribution in [0.25, 0.3) is 0 Å². The molecule has 0 fully saturated rings. The Labute approximate surface area is 118 Å². The smallest absolute Gasteiger partial charge is 0.126 e. The number of nitrogen functional groups attached to an aromatic ring is 1. The summed E-state index contributed by atoms with van der Waals surface area (Å²) in [4.78, 5) is 6.30. The van der Waals surface area contributed by atoms with Crippen molar-refractivity contribution in [1.82, 2.24) is 4.98 Å². The molecule has 0 aliphatic carbocycles. The molecule has 19 heavy (non-hydrogen) atoms. The van der Waals surface area contributed by atoms with Crippen LogP contribution in [0.2, 0.25) is 0 Å². The molecule has 4 heteroatoms. The van der Waals surface area contributed by atoms with Crippen molar-refractivity contribution in [2.24, 2.45) is 0 Å². The second-order valence-electron chi connectivity index (χ2n) is 5.72. The zero-order valence-corrected chi connectivity index (χ0v) is 12.4. The van der Waals surface area contributed by atoms with E-state index in [1.54, 1.807) is 17.5 Å². The van der Waals surface area contributed by atoms with Crippen molar-refractivity contribution in [3.05, 3.63) is 45.8 Å². The van der Waals surface area contributed by atoms with Gasteiger partial charge in [-0.1, -0.05) is 26.8 Å².